The SMILES string of the molecule is CCC1CCCC(NC(CC)CC#N)CC1. The van der Waals surface area contributed by atoms with Gasteiger partial charge in [0.2, 0.25) is 0 Å². The van der Waals surface area contributed by atoms with Crippen LogP contribution in [0.25, 0.3) is 0 Å². The molecule has 3 unspecified atom stereocenters. The maximum absolute atomic E-state index is 8.74. The molecule has 0 aromatic carbocycles. The number of nitrogens with one attached hydrogen (secondary N) is 1. The van der Waals surface area contributed by atoms with Crippen LogP contribution in [-0.4, -0.2) is 12.1 Å². The van der Waals surface area contributed by atoms with Crippen molar-refractivity contribution in [3.63, 3.8) is 0 Å². The monoisotopic (exact) mass is 222 g/mol. The van der Waals surface area contributed by atoms with Crippen LogP contribution in [-0.2, 0) is 0 Å². The van der Waals surface area contributed by atoms with Gasteiger partial charge < -0.3 is 5.32 Å². The highest BCUT2D eigenvalue weighted by Crippen LogP contribution is 2.25. The zero-order valence-electron chi connectivity index (χ0n) is 10.8. The molecule has 1 aliphatic carbocycles. The fourth-order valence-corrected chi connectivity index (χ4v) is 2.72. The minimum atomic E-state index is 0.410. The van der Waals surface area contributed by atoms with Crippen LogP contribution in [0.1, 0.15) is 65.2 Å². The van der Waals surface area contributed by atoms with E-state index in [-0.39, 0.29) is 0 Å². The van der Waals surface area contributed by atoms with E-state index in [2.05, 4.69) is 25.2 Å². The largest absolute Gasteiger partial charge is 0.310 e. The van der Waals surface area contributed by atoms with Crippen LogP contribution < -0.4 is 5.32 Å². The Hall–Kier alpha value is -0.550. The second-order valence-electron chi connectivity index (χ2n) is 5.11. The lowest BCUT2D eigenvalue weighted by molar-refractivity contribution is 0.379. The highest BCUT2D eigenvalue weighted by Gasteiger charge is 2.19. The molecule has 3 atom stereocenters. The maximum Gasteiger partial charge on any atom is 0.0638 e. The number of nitriles is 1. The molecule has 0 aromatic rings. The van der Waals surface area contributed by atoms with Gasteiger partial charge in [-0.25, -0.2) is 0 Å². The first-order valence-electron chi connectivity index (χ1n) is 6.93. The van der Waals surface area contributed by atoms with Crippen LogP contribution in [0.5, 0.6) is 0 Å². The van der Waals surface area contributed by atoms with E-state index in [1.807, 2.05) is 0 Å². The number of hydrogen-bond donors (Lipinski definition) is 1. The Labute approximate surface area is 100 Å². The Morgan fingerprint density at radius 2 is 2.06 bits per heavy atom. The average molecular weight is 222 g/mol. The van der Waals surface area contributed by atoms with Gasteiger partial charge in [0, 0.05) is 12.1 Å². The van der Waals surface area contributed by atoms with Gasteiger partial charge in [-0.3, -0.25) is 0 Å². The average Bonchev–Trinajstić information content (AvgIpc) is 2.53. The number of rotatable bonds is 5. The Bertz CT molecular complexity index is 219. The highest BCUT2D eigenvalue weighted by atomic mass is 14.9. The first-order valence-corrected chi connectivity index (χ1v) is 6.93. The second kappa shape index (κ2) is 7.68. The lowest BCUT2D eigenvalue weighted by Gasteiger charge is -2.22. The summed E-state index contributed by atoms with van der Waals surface area (Å²) in [5.74, 6) is 0.947. The van der Waals surface area contributed by atoms with Crippen LogP contribution in [0.2, 0.25) is 0 Å². The van der Waals surface area contributed by atoms with Crippen molar-refractivity contribution in [1.29, 1.82) is 5.26 Å². The van der Waals surface area contributed by atoms with Gasteiger partial charge in [-0.1, -0.05) is 33.1 Å². The zero-order valence-corrected chi connectivity index (χ0v) is 10.8. The normalized spacial score (nSPS) is 28.1. The van der Waals surface area contributed by atoms with Crippen LogP contribution in [0, 0.1) is 17.2 Å². The molecule has 2 heteroatoms. The van der Waals surface area contributed by atoms with E-state index in [4.69, 9.17) is 5.26 Å². The summed E-state index contributed by atoms with van der Waals surface area (Å²) in [5.41, 5.74) is 0. The van der Waals surface area contributed by atoms with Gasteiger partial charge in [0.1, 0.15) is 0 Å². The molecule has 1 rings (SSSR count). The van der Waals surface area contributed by atoms with E-state index < -0.39 is 0 Å². The molecule has 92 valence electrons. The van der Waals surface area contributed by atoms with Crippen molar-refractivity contribution in [1.82, 2.24) is 5.32 Å². The lowest BCUT2D eigenvalue weighted by atomic mass is 9.97. The third-order valence-electron chi connectivity index (χ3n) is 3.97. The number of hydrogen-bond acceptors (Lipinski definition) is 2. The quantitative estimate of drug-likeness (QED) is 0.721. The molecule has 0 heterocycles. The summed E-state index contributed by atoms with van der Waals surface area (Å²) >= 11 is 0. The molecule has 0 bridgehead atoms. The van der Waals surface area contributed by atoms with E-state index in [0.717, 1.165) is 12.3 Å². The summed E-state index contributed by atoms with van der Waals surface area (Å²) in [5, 5.41) is 12.4. The van der Waals surface area contributed by atoms with Gasteiger partial charge in [0.05, 0.1) is 12.5 Å². The van der Waals surface area contributed by atoms with Crippen molar-refractivity contribution in [3.8, 4) is 6.07 Å². The molecule has 1 aliphatic rings. The van der Waals surface area contributed by atoms with Crippen LogP contribution >= 0.6 is 0 Å². The minimum absolute atomic E-state index is 0.410. The zero-order chi connectivity index (χ0) is 11.8. The molecule has 0 aliphatic heterocycles. The Morgan fingerprint density at radius 1 is 1.25 bits per heavy atom. The van der Waals surface area contributed by atoms with Gasteiger partial charge in [0.25, 0.3) is 0 Å². The summed E-state index contributed by atoms with van der Waals surface area (Å²) in [4.78, 5) is 0. The lowest BCUT2D eigenvalue weighted by Crippen LogP contribution is -2.37. The summed E-state index contributed by atoms with van der Waals surface area (Å²) in [6, 6.07) is 3.35. The summed E-state index contributed by atoms with van der Waals surface area (Å²) < 4.78 is 0. The van der Waals surface area contributed by atoms with Crippen molar-refractivity contribution in [3.05, 3.63) is 0 Å². The second-order valence-corrected chi connectivity index (χ2v) is 5.11. The van der Waals surface area contributed by atoms with Crippen LogP contribution in [0.15, 0.2) is 0 Å². The van der Waals surface area contributed by atoms with Crippen molar-refractivity contribution >= 4 is 0 Å². The molecule has 0 spiro atoms. The van der Waals surface area contributed by atoms with Gasteiger partial charge >= 0.3 is 0 Å². The molecule has 1 saturated carbocycles. The molecule has 0 saturated heterocycles. The van der Waals surface area contributed by atoms with Crippen LogP contribution in [0.4, 0.5) is 0 Å². The van der Waals surface area contributed by atoms with Crippen molar-refractivity contribution < 1.29 is 0 Å². The molecule has 0 radical (unpaired) electrons. The summed E-state index contributed by atoms with van der Waals surface area (Å²) in [6.07, 6.45) is 9.81. The molecule has 2 nitrogen and oxygen atoms in total. The Kier molecular flexibility index (Phi) is 6.49. The Balaban J connectivity index is 2.34. The van der Waals surface area contributed by atoms with Gasteiger partial charge in [-0.2, -0.15) is 5.26 Å². The fourth-order valence-electron chi connectivity index (χ4n) is 2.72. The van der Waals surface area contributed by atoms with E-state index >= 15 is 0 Å². The first-order chi connectivity index (χ1) is 7.80. The third-order valence-corrected chi connectivity index (χ3v) is 3.97. The maximum atomic E-state index is 8.74. The minimum Gasteiger partial charge on any atom is -0.310 e. The van der Waals surface area contributed by atoms with Gasteiger partial charge in [-0.15, -0.1) is 0 Å². The number of nitrogens with zero attached hydrogens (tertiary/aromatic N) is 1. The molecule has 1 N–H and O–H groups in total. The van der Waals surface area contributed by atoms with Gasteiger partial charge in [-0.05, 0) is 31.6 Å². The molecular weight excluding hydrogens is 196 g/mol. The van der Waals surface area contributed by atoms with Crippen molar-refractivity contribution in [2.45, 2.75) is 77.3 Å². The molecule has 1 fully saturated rings. The first kappa shape index (κ1) is 13.5. The van der Waals surface area contributed by atoms with E-state index in [0.29, 0.717) is 18.5 Å². The van der Waals surface area contributed by atoms with E-state index in [1.54, 1.807) is 0 Å². The van der Waals surface area contributed by atoms with Crippen molar-refractivity contribution in [2.24, 2.45) is 5.92 Å². The smallest absolute Gasteiger partial charge is 0.0638 e. The fraction of sp³-hybridized carbons (Fsp3) is 0.929. The molecule has 0 amide bonds. The predicted octanol–water partition coefficient (Wildman–Crippen LogP) is 3.63. The predicted molar refractivity (Wildman–Crippen MR) is 68.1 cm³/mol. The molecule has 0 aromatic heterocycles. The standard InChI is InChI=1S/C14H26N2/c1-3-12-6-5-7-14(9-8-12)16-13(4-2)10-11-15/h12-14,16H,3-10H2,1-2H3. The van der Waals surface area contributed by atoms with Crippen LogP contribution in [0.3, 0.4) is 0 Å². The van der Waals surface area contributed by atoms with Crippen molar-refractivity contribution in [2.75, 3.05) is 0 Å². The van der Waals surface area contributed by atoms with E-state index in [1.165, 1.54) is 38.5 Å². The van der Waals surface area contributed by atoms with E-state index in [9.17, 15) is 0 Å². The van der Waals surface area contributed by atoms with Gasteiger partial charge in [0.15, 0.2) is 0 Å². The summed E-state index contributed by atoms with van der Waals surface area (Å²) in [7, 11) is 0. The molecule has 16 heavy (non-hydrogen) atoms. The highest BCUT2D eigenvalue weighted by molar-refractivity contribution is 4.84. The third kappa shape index (κ3) is 4.53. The Morgan fingerprint density at radius 3 is 2.69 bits per heavy atom. The topological polar surface area (TPSA) is 35.8 Å². The molecular formula is C14H26N2. The summed E-state index contributed by atoms with van der Waals surface area (Å²) in [6.45, 7) is 4.48.